The van der Waals surface area contributed by atoms with Gasteiger partial charge in [0.25, 0.3) is 15.9 Å². The molecule has 0 heterocycles. The maximum absolute atomic E-state index is 12.8. The average Bonchev–Trinajstić information content (AvgIpc) is 2.58. The lowest BCUT2D eigenvalue weighted by Gasteiger charge is -2.18. The van der Waals surface area contributed by atoms with Crippen molar-refractivity contribution in [1.82, 2.24) is 4.90 Å². The first-order chi connectivity index (χ1) is 12.2. The van der Waals surface area contributed by atoms with Gasteiger partial charge in [-0.2, -0.15) is 0 Å². The molecule has 0 fully saturated rings. The Balaban J connectivity index is 2.32. The number of aryl methyl sites for hydroxylation is 2. The number of unbranched alkanes of at least 4 members (excludes halogenated alkanes) is 1. The minimum atomic E-state index is -3.78. The van der Waals surface area contributed by atoms with E-state index < -0.39 is 10.0 Å². The third-order valence-electron chi connectivity index (χ3n) is 4.19. The van der Waals surface area contributed by atoms with Gasteiger partial charge in [-0.3, -0.25) is 9.52 Å². The van der Waals surface area contributed by atoms with Gasteiger partial charge in [-0.25, -0.2) is 8.42 Å². The second-order valence-electron chi connectivity index (χ2n) is 6.54. The van der Waals surface area contributed by atoms with Gasteiger partial charge in [0.15, 0.2) is 0 Å². The third kappa shape index (κ3) is 4.85. The topological polar surface area (TPSA) is 66.5 Å². The van der Waals surface area contributed by atoms with Crippen molar-refractivity contribution < 1.29 is 13.2 Å². The van der Waals surface area contributed by atoms with E-state index in [2.05, 4.69) is 11.6 Å². The Morgan fingerprint density at radius 1 is 1.12 bits per heavy atom. The Morgan fingerprint density at radius 2 is 1.85 bits per heavy atom. The van der Waals surface area contributed by atoms with E-state index in [4.69, 9.17) is 0 Å². The van der Waals surface area contributed by atoms with Gasteiger partial charge in [-0.15, -0.1) is 0 Å². The quantitative estimate of drug-likeness (QED) is 0.797. The molecule has 2 aromatic carbocycles. The summed E-state index contributed by atoms with van der Waals surface area (Å²) in [5.41, 5.74) is 2.43. The van der Waals surface area contributed by atoms with Crippen LogP contribution in [-0.2, 0) is 10.0 Å². The highest BCUT2D eigenvalue weighted by Gasteiger charge is 2.20. The molecule has 1 amide bonds. The molecule has 140 valence electrons. The van der Waals surface area contributed by atoms with Crippen molar-refractivity contribution in [2.75, 3.05) is 18.3 Å². The van der Waals surface area contributed by atoms with Gasteiger partial charge in [0, 0.05) is 24.8 Å². The molecule has 0 radical (unpaired) electrons. The van der Waals surface area contributed by atoms with E-state index in [-0.39, 0.29) is 10.8 Å². The van der Waals surface area contributed by atoms with Crippen molar-refractivity contribution >= 4 is 21.6 Å². The Labute approximate surface area is 156 Å². The van der Waals surface area contributed by atoms with Crippen LogP contribution in [0.15, 0.2) is 47.4 Å². The second kappa shape index (κ2) is 8.36. The summed E-state index contributed by atoms with van der Waals surface area (Å²) in [6, 6.07) is 12.0. The predicted octanol–water partition coefficient (Wildman–Crippen LogP) is 3.98. The largest absolute Gasteiger partial charge is 0.342 e. The molecule has 0 aliphatic heterocycles. The van der Waals surface area contributed by atoms with Gasteiger partial charge in [-0.1, -0.05) is 31.5 Å². The van der Waals surface area contributed by atoms with Crippen molar-refractivity contribution in [3.8, 4) is 0 Å². The Morgan fingerprint density at radius 3 is 2.50 bits per heavy atom. The number of nitrogens with zero attached hydrogens (tertiary/aromatic N) is 1. The zero-order valence-corrected chi connectivity index (χ0v) is 16.6. The van der Waals surface area contributed by atoms with Gasteiger partial charge in [0.05, 0.1) is 4.90 Å². The van der Waals surface area contributed by atoms with Crippen molar-refractivity contribution in [1.29, 1.82) is 0 Å². The minimum Gasteiger partial charge on any atom is -0.342 e. The number of carbonyl (C=O) groups excluding carboxylic acids is 1. The molecule has 5 nitrogen and oxygen atoms in total. The summed E-state index contributed by atoms with van der Waals surface area (Å²) in [7, 11) is -2.05. The zero-order valence-electron chi connectivity index (χ0n) is 15.7. The molecule has 0 saturated carbocycles. The van der Waals surface area contributed by atoms with Gasteiger partial charge in [0.2, 0.25) is 0 Å². The molecule has 0 saturated heterocycles. The molecule has 2 aromatic rings. The van der Waals surface area contributed by atoms with E-state index >= 15 is 0 Å². The van der Waals surface area contributed by atoms with E-state index in [9.17, 15) is 13.2 Å². The number of amides is 1. The van der Waals surface area contributed by atoms with E-state index in [0.717, 1.165) is 18.4 Å². The van der Waals surface area contributed by atoms with Gasteiger partial charge in [-0.05, 0) is 55.7 Å². The van der Waals surface area contributed by atoms with Crippen LogP contribution in [0.4, 0.5) is 5.69 Å². The average molecular weight is 375 g/mol. The lowest BCUT2D eigenvalue weighted by Crippen LogP contribution is -2.28. The molecule has 26 heavy (non-hydrogen) atoms. The third-order valence-corrected chi connectivity index (χ3v) is 5.71. The summed E-state index contributed by atoms with van der Waals surface area (Å²) in [6.45, 7) is 6.33. The number of nitrogens with one attached hydrogen (secondary N) is 1. The maximum atomic E-state index is 12.8. The fraction of sp³-hybridized carbons (Fsp3) is 0.350. The number of anilines is 1. The summed E-state index contributed by atoms with van der Waals surface area (Å²) in [5.74, 6) is -0.176. The van der Waals surface area contributed by atoms with Crippen LogP contribution in [0.5, 0.6) is 0 Å². The molecule has 0 bridgehead atoms. The summed E-state index contributed by atoms with van der Waals surface area (Å²) < 4.78 is 28.2. The second-order valence-corrected chi connectivity index (χ2v) is 8.19. The number of hydrogen-bond acceptors (Lipinski definition) is 3. The molecule has 1 N–H and O–H groups in total. The van der Waals surface area contributed by atoms with Crippen molar-refractivity contribution in [3.63, 3.8) is 0 Å². The van der Waals surface area contributed by atoms with Crippen LogP contribution < -0.4 is 4.72 Å². The molecular weight excluding hydrogens is 348 g/mol. The predicted molar refractivity (Wildman–Crippen MR) is 105 cm³/mol. The van der Waals surface area contributed by atoms with Crippen LogP contribution in [-0.4, -0.2) is 32.8 Å². The molecule has 0 aliphatic rings. The first-order valence-electron chi connectivity index (χ1n) is 8.70. The summed E-state index contributed by atoms with van der Waals surface area (Å²) in [4.78, 5) is 14.3. The van der Waals surface area contributed by atoms with Crippen LogP contribution >= 0.6 is 0 Å². The fourth-order valence-corrected chi connectivity index (χ4v) is 3.98. The first-order valence-corrected chi connectivity index (χ1v) is 10.2. The zero-order chi connectivity index (χ0) is 19.3. The number of sulfonamides is 1. The fourth-order valence-electron chi connectivity index (χ4n) is 2.66. The van der Waals surface area contributed by atoms with Crippen LogP contribution in [0.1, 0.15) is 41.3 Å². The summed E-state index contributed by atoms with van der Waals surface area (Å²) in [5, 5.41) is 0. The molecular formula is C20H26N2O3S. The van der Waals surface area contributed by atoms with E-state index in [0.29, 0.717) is 23.4 Å². The summed E-state index contributed by atoms with van der Waals surface area (Å²) >= 11 is 0. The minimum absolute atomic E-state index is 0.119. The van der Waals surface area contributed by atoms with Gasteiger partial charge < -0.3 is 4.90 Å². The normalized spacial score (nSPS) is 11.2. The lowest BCUT2D eigenvalue weighted by molar-refractivity contribution is 0.0793. The smallest absolute Gasteiger partial charge is 0.262 e. The number of rotatable bonds is 7. The standard InChI is InChI=1S/C20H26N2O3S/c1-5-6-12-22(4)20(23)17-11-10-16(3)19(14-17)26(24,25)21-18-9-7-8-15(2)13-18/h7-11,13-14,21H,5-6,12H2,1-4H3. The molecule has 0 spiro atoms. The molecule has 6 heteroatoms. The maximum Gasteiger partial charge on any atom is 0.262 e. The Hall–Kier alpha value is -2.34. The van der Waals surface area contributed by atoms with E-state index in [1.54, 1.807) is 49.2 Å². The monoisotopic (exact) mass is 374 g/mol. The SMILES string of the molecule is CCCCN(C)C(=O)c1ccc(C)c(S(=O)(=O)Nc2cccc(C)c2)c1. The van der Waals surface area contributed by atoms with Crippen molar-refractivity contribution in [2.24, 2.45) is 0 Å². The van der Waals surface area contributed by atoms with Crippen molar-refractivity contribution in [3.05, 3.63) is 59.2 Å². The highest BCUT2D eigenvalue weighted by atomic mass is 32.2. The van der Waals surface area contributed by atoms with Crippen LogP contribution in [0.2, 0.25) is 0 Å². The summed E-state index contributed by atoms with van der Waals surface area (Å²) in [6.07, 6.45) is 1.90. The van der Waals surface area contributed by atoms with Crippen LogP contribution in [0.25, 0.3) is 0 Å². The number of benzene rings is 2. The number of hydrogen-bond donors (Lipinski definition) is 1. The van der Waals surface area contributed by atoms with E-state index in [1.807, 2.05) is 13.0 Å². The van der Waals surface area contributed by atoms with Crippen molar-refractivity contribution in [2.45, 2.75) is 38.5 Å². The van der Waals surface area contributed by atoms with Crippen LogP contribution in [0.3, 0.4) is 0 Å². The highest BCUT2D eigenvalue weighted by Crippen LogP contribution is 2.22. The molecule has 0 atom stereocenters. The lowest BCUT2D eigenvalue weighted by atomic mass is 10.1. The molecule has 0 aromatic heterocycles. The van der Waals surface area contributed by atoms with Gasteiger partial charge >= 0.3 is 0 Å². The van der Waals surface area contributed by atoms with E-state index in [1.165, 1.54) is 6.07 Å². The van der Waals surface area contributed by atoms with Gasteiger partial charge in [0.1, 0.15) is 0 Å². The molecule has 0 unspecified atom stereocenters. The Kier molecular flexibility index (Phi) is 6.42. The van der Waals surface area contributed by atoms with Crippen LogP contribution in [0, 0.1) is 13.8 Å². The first kappa shape index (κ1) is 20.0. The number of carbonyl (C=O) groups is 1. The molecule has 0 aliphatic carbocycles. The highest BCUT2D eigenvalue weighted by molar-refractivity contribution is 7.92. The molecule has 2 rings (SSSR count). The Bertz CT molecular complexity index is 892.